The molecule has 1 aromatic carbocycles. The van der Waals surface area contributed by atoms with Gasteiger partial charge < -0.3 is 20.3 Å². The highest BCUT2D eigenvalue weighted by atomic mass is 32.1. The first kappa shape index (κ1) is 18.5. The molecule has 0 aliphatic carbocycles. The van der Waals surface area contributed by atoms with Crippen LogP contribution >= 0.6 is 12.2 Å². The predicted molar refractivity (Wildman–Crippen MR) is 111 cm³/mol. The van der Waals surface area contributed by atoms with Crippen LogP contribution in [0.15, 0.2) is 42.6 Å². The van der Waals surface area contributed by atoms with Crippen molar-refractivity contribution in [2.24, 2.45) is 5.92 Å². The normalized spacial score (nSPS) is 16.8. The number of pyridine rings is 1. The number of benzene rings is 1. The Morgan fingerprint density at radius 1 is 1.31 bits per heavy atom. The number of thiocarbonyl (C=S) groups is 1. The van der Waals surface area contributed by atoms with Crippen LogP contribution in [0.4, 0.5) is 11.5 Å². The average Bonchev–Trinajstić information content (AvgIpc) is 2.67. The number of anilines is 2. The fourth-order valence-electron chi connectivity index (χ4n) is 3.23. The van der Waals surface area contributed by atoms with Crippen LogP contribution in [0.2, 0.25) is 0 Å². The number of piperidine rings is 1. The van der Waals surface area contributed by atoms with Crippen molar-refractivity contribution in [3.8, 4) is 5.75 Å². The van der Waals surface area contributed by atoms with E-state index in [1.54, 1.807) is 13.3 Å². The first-order valence-electron chi connectivity index (χ1n) is 9.03. The van der Waals surface area contributed by atoms with Crippen molar-refractivity contribution in [2.45, 2.75) is 26.3 Å². The summed E-state index contributed by atoms with van der Waals surface area (Å²) >= 11 is 5.36. The van der Waals surface area contributed by atoms with Crippen molar-refractivity contribution in [1.29, 1.82) is 0 Å². The van der Waals surface area contributed by atoms with Crippen LogP contribution in [0, 0.1) is 5.92 Å². The van der Waals surface area contributed by atoms with Crippen molar-refractivity contribution in [1.82, 2.24) is 10.3 Å². The van der Waals surface area contributed by atoms with E-state index in [0.29, 0.717) is 23.2 Å². The van der Waals surface area contributed by atoms with E-state index in [2.05, 4.69) is 51.7 Å². The van der Waals surface area contributed by atoms with Crippen LogP contribution in [0.25, 0.3) is 0 Å². The maximum absolute atomic E-state index is 5.36. The van der Waals surface area contributed by atoms with Gasteiger partial charge in [-0.15, -0.1) is 0 Å². The quantitative estimate of drug-likeness (QED) is 0.781. The minimum atomic E-state index is 0.524. The fourth-order valence-corrected chi connectivity index (χ4v) is 3.40. The van der Waals surface area contributed by atoms with Crippen molar-refractivity contribution < 1.29 is 4.74 Å². The Labute approximate surface area is 160 Å². The Bertz CT molecular complexity index is 735. The Hall–Kier alpha value is -2.34. The van der Waals surface area contributed by atoms with E-state index < -0.39 is 0 Å². The maximum atomic E-state index is 5.36. The smallest absolute Gasteiger partial charge is 0.174 e. The molecular weight excluding hydrogens is 344 g/mol. The summed E-state index contributed by atoms with van der Waals surface area (Å²) in [5.41, 5.74) is 2.50. The Morgan fingerprint density at radius 3 is 2.85 bits per heavy atom. The molecule has 1 aliphatic heterocycles. The van der Waals surface area contributed by atoms with Crippen LogP contribution in [0.3, 0.4) is 0 Å². The lowest BCUT2D eigenvalue weighted by Gasteiger charge is -2.32. The lowest BCUT2D eigenvalue weighted by molar-refractivity contribution is 0.415. The highest BCUT2D eigenvalue weighted by Crippen LogP contribution is 2.23. The molecule has 1 fully saturated rings. The van der Waals surface area contributed by atoms with E-state index in [-0.39, 0.29) is 0 Å². The minimum absolute atomic E-state index is 0.524. The molecule has 1 atom stereocenters. The zero-order valence-corrected chi connectivity index (χ0v) is 16.2. The van der Waals surface area contributed by atoms with Gasteiger partial charge in [0.05, 0.1) is 7.11 Å². The molecule has 1 aliphatic rings. The third-order valence-corrected chi connectivity index (χ3v) is 4.88. The molecule has 138 valence electrons. The first-order valence-corrected chi connectivity index (χ1v) is 9.44. The van der Waals surface area contributed by atoms with Gasteiger partial charge in [-0.25, -0.2) is 4.98 Å². The second kappa shape index (κ2) is 8.85. The van der Waals surface area contributed by atoms with E-state index in [9.17, 15) is 0 Å². The highest BCUT2D eigenvalue weighted by molar-refractivity contribution is 7.80. The zero-order chi connectivity index (χ0) is 18.4. The van der Waals surface area contributed by atoms with Gasteiger partial charge >= 0.3 is 0 Å². The summed E-state index contributed by atoms with van der Waals surface area (Å²) in [6, 6.07) is 12.4. The van der Waals surface area contributed by atoms with Gasteiger partial charge in [-0.3, -0.25) is 0 Å². The van der Waals surface area contributed by atoms with Crippen molar-refractivity contribution >= 4 is 28.8 Å². The molecule has 2 heterocycles. The van der Waals surface area contributed by atoms with E-state index in [4.69, 9.17) is 17.0 Å². The number of methoxy groups -OCH3 is 1. The molecule has 1 saturated heterocycles. The molecule has 1 aromatic heterocycles. The molecule has 0 amide bonds. The lowest BCUT2D eigenvalue weighted by atomic mass is 9.99. The summed E-state index contributed by atoms with van der Waals surface area (Å²) in [4.78, 5) is 6.72. The second-order valence-corrected chi connectivity index (χ2v) is 7.13. The summed E-state index contributed by atoms with van der Waals surface area (Å²) in [5, 5.41) is 6.82. The van der Waals surface area contributed by atoms with Crippen LogP contribution in [-0.4, -0.2) is 30.3 Å². The monoisotopic (exact) mass is 370 g/mol. The SMILES string of the molecule is COc1cccnc1NC(=S)NCc1ccc(N2CCC[C@@H](C)C2)cc1. The summed E-state index contributed by atoms with van der Waals surface area (Å²) in [6.45, 7) is 5.30. The molecule has 0 saturated carbocycles. The molecule has 0 radical (unpaired) electrons. The number of rotatable bonds is 5. The number of hydrogen-bond acceptors (Lipinski definition) is 4. The molecule has 26 heavy (non-hydrogen) atoms. The molecule has 2 aromatic rings. The molecule has 0 bridgehead atoms. The predicted octanol–water partition coefficient (Wildman–Crippen LogP) is 3.81. The van der Waals surface area contributed by atoms with Gasteiger partial charge in [0.1, 0.15) is 0 Å². The van der Waals surface area contributed by atoms with E-state index in [0.717, 1.165) is 19.0 Å². The zero-order valence-electron chi connectivity index (χ0n) is 15.4. The van der Waals surface area contributed by atoms with Crippen LogP contribution < -0.4 is 20.3 Å². The van der Waals surface area contributed by atoms with Gasteiger partial charge in [-0.2, -0.15) is 0 Å². The molecule has 6 heteroatoms. The topological polar surface area (TPSA) is 49.4 Å². The van der Waals surface area contributed by atoms with Gasteiger partial charge in [0.15, 0.2) is 16.7 Å². The van der Waals surface area contributed by atoms with Crippen molar-refractivity contribution in [2.75, 3.05) is 30.4 Å². The van der Waals surface area contributed by atoms with Gasteiger partial charge in [-0.05, 0) is 60.8 Å². The summed E-state index contributed by atoms with van der Waals surface area (Å²) < 4.78 is 5.27. The highest BCUT2D eigenvalue weighted by Gasteiger charge is 2.16. The Morgan fingerprint density at radius 2 is 2.12 bits per heavy atom. The number of nitrogens with one attached hydrogen (secondary N) is 2. The van der Waals surface area contributed by atoms with Gasteiger partial charge in [-0.1, -0.05) is 19.1 Å². The largest absolute Gasteiger partial charge is 0.493 e. The van der Waals surface area contributed by atoms with E-state index in [1.165, 1.54) is 24.1 Å². The molecule has 2 N–H and O–H groups in total. The Kier molecular flexibility index (Phi) is 6.28. The number of aromatic nitrogens is 1. The van der Waals surface area contributed by atoms with Crippen molar-refractivity contribution in [3.05, 3.63) is 48.2 Å². The van der Waals surface area contributed by atoms with Gasteiger partial charge in [0.2, 0.25) is 0 Å². The first-order chi connectivity index (χ1) is 12.7. The standard InChI is InChI=1S/C20H26N4OS/c1-15-5-4-12-24(14-15)17-9-7-16(8-10-17)13-22-20(26)23-19-18(25-2)6-3-11-21-19/h3,6-11,15H,4-5,12-14H2,1-2H3,(H2,21,22,23,26)/t15-/m1/s1. The maximum Gasteiger partial charge on any atom is 0.174 e. The number of nitrogens with zero attached hydrogens (tertiary/aromatic N) is 2. The second-order valence-electron chi connectivity index (χ2n) is 6.72. The number of hydrogen-bond donors (Lipinski definition) is 2. The van der Waals surface area contributed by atoms with Gasteiger partial charge in [0, 0.05) is 31.5 Å². The van der Waals surface area contributed by atoms with Crippen LogP contribution in [0.1, 0.15) is 25.3 Å². The fraction of sp³-hybridized carbons (Fsp3) is 0.400. The molecular formula is C20H26N4OS. The molecule has 5 nitrogen and oxygen atoms in total. The number of ether oxygens (including phenoxy) is 1. The summed E-state index contributed by atoms with van der Waals surface area (Å²) in [5.74, 6) is 2.05. The average molecular weight is 371 g/mol. The third kappa shape index (κ3) is 4.85. The van der Waals surface area contributed by atoms with Crippen LogP contribution in [-0.2, 0) is 6.54 Å². The van der Waals surface area contributed by atoms with Crippen molar-refractivity contribution in [3.63, 3.8) is 0 Å². The molecule has 0 unspecified atom stereocenters. The van der Waals surface area contributed by atoms with Gasteiger partial charge in [0.25, 0.3) is 0 Å². The Balaban J connectivity index is 1.52. The van der Waals surface area contributed by atoms with E-state index in [1.807, 2.05) is 12.1 Å². The lowest BCUT2D eigenvalue weighted by Crippen LogP contribution is -2.34. The molecule has 3 rings (SSSR count). The third-order valence-electron chi connectivity index (χ3n) is 4.63. The molecule has 0 spiro atoms. The summed E-state index contributed by atoms with van der Waals surface area (Å²) in [6.07, 6.45) is 4.32. The van der Waals surface area contributed by atoms with Crippen LogP contribution in [0.5, 0.6) is 5.75 Å². The minimum Gasteiger partial charge on any atom is -0.493 e. The summed E-state index contributed by atoms with van der Waals surface area (Å²) in [7, 11) is 1.61. The van der Waals surface area contributed by atoms with E-state index >= 15 is 0 Å².